The topological polar surface area (TPSA) is 70.6 Å². The molecule has 0 aromatic rings. The summed E-state index contributed by atoms with van der Waals surface area (Å²) in [6, 6.07) is 0. The third-order valence-corrected chi connectivity index (χ3v) is 6.81. The molecular formula is C15H26F3N3O2S. The van der Waals surface area contributed by atoms with Crippen LogP contribution in [0.15, 0.2) is 4.99 Å². The van der Waals surface area contributed by atoms with E-state index in [-0.39, 0.29) is 36.2 Å². The van der Waals surface area contributed by atoms with Gasteiger partial charge in [0.05, 0.1) is 17.4 Å². The number of sulfone groups is 1. The fourth-order valence-electron chi connectivity index (χ4n) is 3.43. The van der Waals surface area contributed by atoms with Crippen molar-refractivity contribution < 1.29 is 21.6 Å². The van der Waals surface area contributed by atoms with Crippen molar-refractivity contribution >= 4 is 15.8 Å². The van der Waals surface area contributed by atoms with Crippen molar-refractivity contribution in [1.82, 2.24) is 10.6 Å². The maximum atomic E-state index is 12.7. The molecule has 0 amide bonds. The van der Waals surface area contributed by atoms with Gasteiger partial charge in [-0.2, -0.15) is 13.2 Å². The van der Waals surface area contributed by atoms with Gasteiger partial charge in [0.15, 0.2) is 15.8 Å². The third-order valence-electron chi connectivity index (χ3n) is 4.98. The lowest BCUT2D eigenvalue weighted by Gasteiger charge is -2.30. The molecule has 1 unspecified atom stereocenters. The summed E-state index contributed by atoms with van der Waals surface area (Å²) in [5.41, 5.74) is 0. The van der Waals surface area contributed by atoms with Crippen molar-refractivity contribution in [2.75, 3.05) is 31.6 Å². The van der Waals surface area contributed by atoms with E-state index in [0.717, 1.165) is 0 Å². The summed E-state index contributed by atoms with van der Waals surface area (Å²) < 4.78 is 60.8. The number of alkyl halides is 3. The van der Waals surface area contributed by atoms with Crippen LogP contribution in [-0.4, -0.2) is 52.2 Å². The summed E-state index contributed by atoms with van der Waals surface area (Å²) >= 11 is 0. The van der Waals surface area contributed by atoms with Gasteiger partial charge < -0.3 is 10.6 Å². The highest BCUT2D eigenvalue weighted by atomic mass is 32.2. The molecule has 2 N–H and O–H groups in total. The van der Waals surface area contributed by atoms with Crippen LogP contribution in [-0.2, 0) is 9.84 Å². The fraction of sp³-hybridized carbons (Fsp3) is 0.933. The summed E-state index contributed by atoms with van der Waals surface area (Å²) in [4.78, 5) is 4.09. The van der Waals surface area contributed by atoms with Crippen LogP contribution >= 0.6 is 0 Å². The minimum absolute atomic E-state index is 0.0933. The van der Waals surface area contributed by atoms with Gasteiger partial charge in [-0.15, -0.1) is 0 Å². The summed E-state index contributed by atoms with van der Waals surface area (Å²) in [5.74, 6) is 0.184. The molecule has 1 aliphatic heterocycles. The molecule has 2 aliphatic rings. The zero-order valence-corrected chi connectivity index (χ0v) is 14.7. The lowest BCUT2D eigenvalue weighted by atomic mass is 9.81. The van der Waals surface area contributed by atoms with Gasteiger partial charge in [0.2, 0.25) is 0 Å². The molecule has 0 aromatic heterocycles. The van der Waals surface area contributed by atoms with E-state index in [1.165, 1.54) is 0 Å². The molecule has 0 bridgehead atoms. The van der Waals surface area contributed by atoms with Crippen LogP contribution in [0, 0.1) is 17.8 Å². The molecule has 1 aliphatic carbocycles. The van der Waals surface area contributed by atoms with E-state index in [0.29, 0.717) is 38.3 Å². The molecule has 24 heavy (non-hydrogen) atoms. The first-order valence-electron chi connectivity index (χ1n) is 8.41. The molecule has 1 atom stereocenters. The molecule has 1 saturated heterocycles. The highest BCUT2D eigenvalue weighted by Gasteiger charge is 2.41. The largest absolute Gasteiger partial charge is 0.391 e. The average Bonchev–Trinajstić information content (AvgIpc) is 2.86. The Balaban J connectivity index is 1.67. The Morgan fingerprint density at radius 3 is 2.08 bits per heavy atom. The average molecular weight is 369 g/mol. The molecule has 0 radical (unpaired) electrons. The molecular weight excluding hydrogens is 343 g/mol. The number of nitrogens with one attached hydrogen (secondary N) is 2. The zero-order valence-electron chi connectivity index (χ0n) is 13.9. The quantitative estimate of drug-likeness (QED) is 0.587. The molecule has 0 aromatic carbocycles. The van der Waals surface area contributed by atoms with Gasteiger partial charge in [-0.3, -0.25) is 4.99 Å². The molecule has 0 spiro atoms. The lowest BCUT2D eigenvalue weighted by Crippen LogP contribution is -2.42. The minimum atomic E-state index is -4.07. The maximum Gasteiger partial charge on any atom is 0.391 e. The first-order valence-corrected chi connectivity index (χ1v) is 10.2. The van der Waals surface area contributed by atoms with Gasteiger partial charge in [-0.05, 0) is 43.9 Å². The standard InChI is InChI=1S/C15H26F3N3O2S/c1-19-14(21-9-12-6-7-24(22,23)10-12)20-8-11-2-4-13(5-3-11)15(16,17)18/h11-13H,2-10H2,1H3,(H2,19,20,21). The lowest BCUT2D eigenvalue weighted by molar-refractivity contribution is -0.183. The van der Waals surface area contributed by atoms with Crippen LogP contribution in [0.5, 0.6) is 0 Å². The highest BCUT2D eigenvalue weighted by molar-refractivity contribution is 7.91. The first-order chi connectivity index (χ1) is 11.2. The Kier molecular flexibility index (Phi) is 6.39. The Morgan fingerprint density at radius 1 is 1.04 bits per heavy atom. The van der Waals surface area contributed by atoms with Crippen molar-refractivity contribution in [2.24, 2.45) is 22.7 Å². The van der Waals surface area contributed by atoms with Crippen LogP contribution in [0.25, 0.3) is 0 Å². The van der Waals surface area contributed by atoms with E-state index >= 15 is 0 Å². The van der Waals surface area contributed by atoms with E-state index < -0.39 is 21.9 Å². The summed E-state index contributed by atoms with van der Waals surface area (Å²) in [6.07, 6.45) is -1.89. The number of hydrogen-bond acceptors (Lipinski definition) is 3. The molecule has 1 saturated carbocycles. The van der Waals surface area contributed by atoms with Crippen LogP contribution < -0.4 is 10.6 Å². The van der Waals surface area contributed by atoms with Crippen molar-refractivity contribution in [2.45, 2.75) is 38.3 Å². The van der Waals surface area contributed by atoms with Crippen LogP contribution in [0.4, 0.5) is 13.2 Å². The second-order valence-electron chi connectivity index (χ2n) is 6.86. The van der Waals surface area contributed by atoms with Gasteiger partial charge >= 0.3 is 6.18 Å². The molecule has 9 heteroatoms. The number of aliphatic imine (C=N–C) groups is 1. The highest BCUT2D eigenvalue weighted by Crippen LogP contribution is 2.39. The number of halogens is 3. The van der Waals surface area contributed by atoms with Crippen LogP contribution in [0.2, 0.25) is 0 Å². The molecule has 1 heterocycles. The number of guanidine groups is 1. The Bertz CT molecular complexity index is 541. The van der Waals surface area contributed by atoms with Crippen LogP contribution in [0.3, 0.4) is 0 Å². The van der Waals surface area contributed by atoms with Gasteiger partial charge in [-0.1, -0.05) is 0 Å². The van der Waals surface area contributed by atoms with Crippen molar-refractivity contribution in [3.05, 3.63) is 0 Å². The monoisotopic (exact) mass is 369 g/mol. The van der Waals surface area contributed by atoms with Crippen molar-refractivity contribution in [3.8, 4) is 0 Å². The van der Waals surface area contributed by atoms with Crippen molar-refractivity contribution in [1.29, 1.82) is 0 Å². The van der Waals surface area contributed by atoms with Gasteiger partial charge in [0, 0.05) is 20.1 Å². The second-order valence-corrected chi connectivity index (χ2v) is 9.09. The predicted octanol–water partition coefficient (Wildman–Crippen LogP) is 1.95. The Hall–Kier alpha value is -0.990. The van der Waals surface area contributed by atoms with Gasteiger partial charge in [0.25, 0.3) is 0 Å². The van der Waals surface area contributed by atoms with Crippen molar-refractivity contribution in [3.63, 3.8) is 0 Å². The van der Waals surface area contributed by atoms with E-state index in [4.69, 9.17) is 0 Å². The maximum absolute atomic E-state index is 12.7. The fourth-order valence-corrected chi connectivity index (χ4v) is 5.29. The smallest absolute Gasteiger partial charge is 0.356 e. The first kappa shape index (κ1) is 19.3. The summed E-state index contributed by atoms with van der Waals surface area (Å²) in [6.45, 7) is 1.13. The summed E-state index contributed by atoms with van der Waals surface area (Å²) in [5, 5.41) is 6.26. The third kappa shape index (κ3) is 5.82. The summed E-state index contributed by atoms with van der Waals surface area (Å²) in [7, 11) is -1.26. The van der Waals surface area contributed by atoms with Crippen LogP contribution in [0.1, 0.15) is 32.1 Å². The molecule has 2 rings (SSSR count). The van der Waals surface area contributed by atoms with Gasteiger partial charge in [0.1, 0.15) is 0 Å². The molecule has 140 valence electrons. The second kappa shape index (κ2) is 7.93. The minimum Gasteiger partial charge on any atom is -0.356 e. The van der Waals surface area contributed by atoms with E-state index in [1.807, 2.05) is 0 Å². The molecule has 5 nitrogen and oxygen atoms in total. The number of nitrogens with zero attached hydrogens (tertiary/aromatic N) is 1. The normalized spacial score (nSPS) is 31.0. The number of hydrogen-bond donors (Lipinski definition) is 2. The SMILES string of the molecule is CN=C(NCC1CCC(C(F)(F)F)CC1)NCC1CCS(=O)(=O)C1. The Labute approximate surface area is 141 Å². The van der Waals surface area contributed by atoms with E-state index in [2.05, 4.69) is 15.6 Å². The zero-order chi connectivity index (χ0) is 17.8. The van der Waals surface area contributed by atoms with Gasteiger partial charge in [-0.25, -0.2) is 8.42 Å². The van der Waals surface area contributed by atoms with E-state index in [9.17, 15) is 21.6 Å². The predicted molar refractivity (Wildman–Crippen MR) is 87.6 cm³/mol. The van der Waals surface area contributed by atoms with E-state index in [1.54, 1.807) is 7.05 Å². The number of rotatable bonds is 4. The Morgan fingerprint density at radius 2 is 1.62 bits per heavy atom. The molecule has 2 fully saturated rings.